The molecule has 0 bridgehead atoms. The fourth-order valence-corrected chi connectivity index (χ4v) is 2.38. The van der Waals surface area contributed by atoms with E-state index in [0.29, 0.717) is 31.0 Å². The Bertz CT molecular complexity index is 924. The van der Waals surface area contributed by atoms with Crippen molar-refractivity contribution in [3.05, 3.63) is 40.2 Å². The number of aryl methyl sites for hydroxylation is 1. The number of hydrogen-bond donors (Lipinski definition) is 3. The highest BCUT2D eigenvalue weighted by atomic mass is 19.4. The number of nitrogens with zero attached hydrogens (tertiary/aromatic N) is 1. The SMILES string of the molecule is CCn1c(=O)c(CC(=O)O)cc2ccc(OCCCN)cc21.O=C(O)C(F)(F)F. The topological polar surface area (TPSA) is 132 Å². The number of carbonyl (C=O) groups is 2. The Morgan fingerprint density at radius 1 is 1.21 bits per heavy atom. The van der Waals surface area contributed by atoms with Gasteiger partial charge in [0, 0.05) is 18.2 Å². The van der Waals surface area contributed by atoms with Crippen LogP contribution in [0.25, 0.3) is 10.9 Å². The van der Waals surface area contributed by atoms with E-state index in [9.17, 15) is 22.8 Å². The molecule has 0 saturated heterocycles. The first-order valence-corrected chi connectivity index (χ1v) is 8.52. The van der Waals surface area contributed by atoms with Crippen molar-refractivity contribution in [2.45, 2.75) is 32.5 Å². The summed E-state index contributed by atoms with van der Waals surface area (Å²) in [5.41, 5.74) is 6.20. The maximum absolute atomic E-state index is 12.4. The summed E-state index contributed by atoms with van der Waals surface area (Å²) in [4.78, 5) is 32.1. The van der Waals surface area contributed by atoms with Crippen LogP contribution in [-0.2, 0) is 22.6 Å². The summed E-state index contributed by atoms with van der Waals surface area (Å²) in [6, 6.07) is 7.10. The number of hydrogen-bond acceptors (Lipinski definition) is 5. The molecule has 1 heterocycles. The number of alkyl halides is 3. The van der Waals surface area contributed by atoms with Crippen LogP contribution < -0.4 is 16.0 Å². The van der Waals surface area contributed by atoms with Gasteiger partial charge in [-0.15, -0.1) is 0 Å². The fourth-order valence-electron chi connectivity index (χ4n) is 2.38. The third kappa shape index (κ3) is 7.11. The lowest BCUT2D eigenvalue weighted by molar-refractivity contribution is -0.192. The maximum atomic E-state index is 12.4. The Balaban J connectivity index is 0.000000516. The van der Waals surface area contributed by atoms with E-state index in [1.54, 1.807) is 16.7 Å². The van der Waals surface area contributed by atoms with E-state index >= 15 is 0 Å². The van der Waals surface area contributed by atoms with Crippen LogP contribution in [0.5, 0.6) is 5.75 Å². The number of fused-ring (bicyclic) bond motifs is 1. The number of halogens is 3. The molecular formula is C18H21F3N2O6. The van der Waals surface area contributed by atoms with Crippen LogP contribution in [0.3, 0.4) is 0 Å². The smallest absolute Gasteiger partial charge is 0.490 e. The van der Waals surface area contributed by atoms with Crippen LogP contribution in [0, 0.1) is 0 Å². The van der Waals surface area contributed by atoms with Gasteiger partial charge in [-0.05, 0) is 43.5 Å². The van der Waals surface area contributed by atoms with Gasteiger partial charge in [0.1, 0.15) is 5.75 Å². The van der Waals surface area contributed by atoms with Crippen molar-refractivity contribution in [1.29, 1.82) is 0 Å². The summed E-state index contributed by atoms with van der Waals surface area (Å²) in [7, 11) is 0. The molecule has 0 fully saturated rings. The predicted octanol–water partition coefficient (Wildman–Crippen LogP) is 2.01. The Hall–Kier alpha value is -3.08. The van der Waals surface area contributed by atoms with Gasteiger partial charge in [-0.2, -0.15) is 13.2 Å². The summed E-state index contributed by atoms with van der Waals surface area (Å²) in [6.45, 7) is 3.41. The van der Waals surface area contributed by atoms with E-state index < -0.39 is 18.1 Å². The highest BCUT2D eigenvalue weighted by molar-refractivity contribution is 5.82. The molecule has 160 valence electrons. The van der Waals surface area contributed by atoms with Gasteiger partial charge in [-0.1, -0.05) is 0 Å². The van der Waals surface area contributed by atoms with E-state index in [4.69, 9.17) is 25.5 Å². The van der Waals surface area contributed by atoms with Crippen molar-refractivity contribution in [3.8, 4) is 5.75 Å². The maximum Gasteiger partial charge on any atom is 0.490 e. The molecule has 8 nitrogen and oxygen atoms in total. The zero-order chi connectivity index (χ0) is 22.2. The molecule has 2 aromatic rings. The summed E-state index contributed by atoms with van der Waals surface area (Å²) in [6.07, 6.45) is -4.60. The number of aliphatic carboxylic acids is 2. The zero-order valence-corrected chi connectivity index (χ0v) is 15.5. The minimum atomic E-state index is -5.08. The molecule has 1 aromatic carbocycles. The van der Waals surface area contributed by atoms with Crippen molar-refractivity contribution in [1.82, 2.24) is 4.57 Å². The molecule has 4 N–H and O–H groups in total. The molecule has 0 atom stereocenters. The molecule has 2 rings (SSSR count). The van der Waals surface area contributed by atoms with Crippen molar-refractivity contribution in [2.24, 2.45) is 5.73 Å². The Morgan fingerprint density at radius 2 is 1.83 bits per heavy atom. The fraction of sp³-hybridized carbons (Fsp3) is 0.389. The normalized spacial score (nSPS) is 10.9. The molecule has 0 aliphatic carbocycles. The summed E-state index contributed by atoms with van der Waals surface area (Å²) < 4.78 is 38.9. The Morgan fingerprint density at radius 3 is 2.31 bits per heavy atom. The molecule has 11 heteroatoms. The van der Waals surface area contributed by atoms with E-state index in [1.807, 2.05) is 19.1 Å². The predicted molar refractivity (Wildman–Crippen MR) is 98.1 cm³/mol. The zero-order valence-electron chi connectivity index (χ0n) is 15.5. The average molecular weight is 418 g/mol. The van der Waals surface area contributed by atoms with Crippen LogP contribution in [0.1, 0.15) is 18.9 Å². The Kier molecular flexibility index (Phi) is 8.64. The summed E-state index contributed by atoms with van der Waals surface area (Å²) >= 11 is 0. The molecule has 0 radical (unpaired) electrons. The highest BCUT2D eigenvalue weighted by Gasteiger charge is 2.38. The first kappa shape index (κ1) is 24.0. The molecule has 0 aliphatic heterocycles. The largest absolute Gasteiger partial charge is 0.493 e. The monoisotopic (exact) mass is 418 g/mol. The van der Waals surface area contributed by atoms with Gasteiger partial charge >= 0.3 is 18.1 Å². The van der Waals surface area contributed by atoms with E-state index in [-0.39, 0.29) is 12.0 Å². The standard InChI is InChI=1S/C16H20N2O4.C2HF3O2/c1-2-18-14-10-13(22-7-3-6-17)5-4-11(14)8-12(16(18)21)9-15(19)20;3-2(4,5)1(6)7/h4-5,8,10H,2-3,6-7,9,17H2,1H3,(H,19,20);(H,6,7). The van der Waals surface area contributed by atoms with Crippen LogP contribution in [0.2, 0.25) is 0 Å². The van der Waals surface area contributed by atoms with Gasteiger partial charge in [-0.3, -0.25) is 9.59 Å². The molecule has 0 amide bonds. The van der Waals surface area contributed by atoms with E-state index in [1.165, 1.54) is 0 Å². The number of pyridine rings is 1. The van der Waals surface area contributed by atoms with Gasteiger partial charge in [0.2, 0.25) is 0 Å². The van der Waals surface area contributed by atoms with Crippen LogP contribution >= 0.6 is 0 Å². The van der Waals surface area contributed by atoms with Crippen molar-refractivity contribution < 1.29 is 37.7 Å². The summed E-state index contributed by atoms with van der Waals surface area (Å²) in [5, 5.41) is 16.9. The van der Waals surface area contributed by atoms with Crippen LogP contribution in [0.15, 0.2) is 29.1 Å². The summed E-state index contributed by atoms with van der Waals surface area (Å²) in [5.74, 6) is -3.10. The number of nitrogens with two attached hydrogens (primary N) is 1. The lowest BCUT2D eigenvalue weighted by atomic mass is 10.1. The van der Waals surface area contributed by atoms with E-state index in [0.717, 1.165) is 17.3 Å². The van der Waals surface area contributed by atoms with Gasteiger partial charge < -0.3 is 25.3 Å². The quantitative estimate of drug-likeness (QED) is 0.586. The first-order valence-electron chi connectivity index (χ1n) is 8.52. The van der Waals surface area contributed by atoms with Crippen molar-refractivity contribution in [3.63, 3.8) is 0 Å². The number of carboxylic acids is 2. The molecular weight excluding hydrogens is 397 g/mol. The van der Waals surface area contributed by atoms with Crippen molar-refractivity contribution in [2.75, 3.05) is 13.2 Å². The third-order valence-electron chi connectivity index (χ3n) is 3.66. The van der Waals surface area contributed by atoms with Crippen molar-refractivity contribution >= 4 is 22.8 Å². The molecule has 1 aromatic heterocycles. The van der Waals surface area contributed by atoms with Crippen LogP contribution in [0.4, 0.5) is 13.2 Å². The second-order valence-electron chi connectivity index (χ2n) is 5.80. The number of rotatable bonds is 7. The molecule has 0 spiro atoms. The van der Waals surface area contributed by atoms with E-state index in [2.05, 4.69) is 0 Å². The highest BCUT2D eigenvalue weighted by Crippen LogP contribution is 2.21. The molecule has 0 unspecified atom stereocenters. The van der Waals surface area contributed by atoms with Gasteiger partial charge in [0.15, 0.2) is 0 Å². The average Bonchev–Trinajstić information content (AvgIpc) is 2.62. The molecule has 0 saturated carbocycles. The molecule has 0 aliphatic rings. The number of carboxylic acid groups (broad SMARTS) is 2. The van der Waals surface area contributed by atoms with Crippen LogP contribution in [-0.4, -0.2) is 46.0 Å². The van der Waals surface area contributed by atoms with Gasteiger partial charge in [-0.25, -0.2) is 4.79 Å². The minimum absolute atomic E-state index is 0.267. The second kappa shape index (κ2) is 10.5. The molecule has 29 heavy (non-hydrogen) atoms. The number of ether oxygens (including phenoxy) is 1. The second-order valence-corrected chi connectivity index (χ2v) is 5.80. The van der Waals surface area contributed by atoms with Gasteiger partial charge in [0.25, 0.3) is 5.56 Å². The number of aromatic nitrogens is 1. The first-order chi connectivity index (χ1) is 13.5. The minimum Gasteiger partial charge on any atom is -0.493 e. The third-order valence-corrected chi connectivity index (χ3v) is 3.66. The lowest BCUT2D eigenvalue weighted by Gasteiger charge is -2.12. The lowest BCUT2D eigenvalue weighted by Crippen LogP contribution is -2.25. The number of benzene rings is 1. The Labute approximate surface area is 163 Å². The van der Waals surface area contributed by atoms with Gasteiger partial charge in [0.05, 0.1) is 18.5 Å².